The molecular formula is C13H26N2O. The summed E-state index contributed by atoms with van der Waals surface area (Å²) in [7, 11) is 0. The van der Waals surface area contributed by atoms with Crippen LogP contribution in [0.15, 0.2) is 0 Å². The number of amides is 1. The van der Waals surface area contributed by atoms with E-state index in [0.29, 0.717) is 12.5 Å². The monoisotopic (exact) mass is 226 g/mol. The predicted octanol–water partition coefficient (Wildman–Crippen LogP) is 2.06. The summed E-state index contributed by atoms with van der Waals surface area (Å²) in [5.41, 5.74) is 5.35. The van der Waals surface area contributed by atoms with E-state index >= 15 is 0 Å². The summed E-state index contributed by atoms with van der Waals surface area (Å²) in [5.74, 6) is 0.540. The van der Waals surface area contributed by atoms with Crippen LogP contribution >= 0.6 is 0 Å². The second kappa shape index (κ2) is 4.74. The highest BCUT2D eigenvalue weighted by molar-refractivity contribution is 5.83. The topological polar surface area (TPSA) is 55.1 Å². The van der Waals surface area contributed by atoms with E-state index in [4.69, 9.17) is 5.73 Å². The maximum atomic E-state index is 12.3. The molecule has 1 unspecified atom stereocenters. The van der Waals surface area contributed by atoms with E-state index in [1.807, 2.05) is 6.92 Å². The van der Waals surface area contributed by atoms with E-state index < -0.39 is 0 Å². The number of nitrogens with one attached hydrogen (secondary N) is 1. The lowest BCUT2D eigenvalue weighted by Crippen LogP contribution is -2.57. The molecule has 1 aliphatic carbocycles. The standard InChI is InChI=1S/C13H26N2O/c1-10(2)13(4,9-14)15-11(16)12(3)7-5-6-8-12/h10H,5-9,14H2,1-4H3,(H,15,16). The van der Waals surface area contributed by atoms with Gasteiger partial charge in [0.2, 0.25) is 5.91 Å². The molecule has 1 rings (SSSR count). The third-order valence-electron chi connectivity index (χ3n) is 4.35. The molecule has 0 aromatic heterocycles. The first-order valence-electron chi connectivity index (χ1n) is 6.37. The summed E-state index contributed by atoms with van der Waals surface area (Å²) in [6, 6.07) is 0. The zero-order valence-corrected chi connectivity index (χ0v) is 11.1. The van der Waals surface area contributed by atoms with Crippen LogP contribution in [0.5, 0.6) is 0 Å². The Morgan fingerprint density at radius 2 is 1.94 bits per heavy atom. The molecule has 3 nitrogen and oxygen atoms in total. The van der Waals surface area contributed by atoms with Crippen LogP contribution in [0.4, 0.5) is 0 Å². The number of hydrogen-bond donors (Lipinski definition) is 2. The first kappa shape index (κ1) is 13.5. The highest BCUT2D eigenvalue weighted by Crippen LogP contribution is 2.38. The van der Waals surface area contributed by atoms with Gasteiger partial charge in [-0.25, -0.2) is 0 Å². The lowest BCUT2D eigenvalue weighted by atomic mass is 9.83. The maximum absolute atomic E-state index is 12.3. The molecule has 1 fully saturated rings. The molecule has 16 heavy (non-hydrogen) atoms. The van der Waals surface area contributed by atoms with E-state index in [2.05, 4.69) is 26.1 Å². The zero-order chi connectivity index (χ0) is 12.4. The number of rotatable bonds is 4. The van der Waals surface area contributed by atoms with Gasteiger partial charge in [0.1, 0.15) is 0 Å². The number of nitrogens with two attached hydrogens (primary N) is 1. The Morgan fingerprint density at radius 1 is 1.44 bits per heavy atom. The van der Waals surface area contributed by atoms with Gasteiger partial charge in [-0.15, -0.1) is 0 Å². The fourth-order valence-electron chi connectivity index (χ4n) is 2.22. The van der Waals surface area contributed by atoms with Crippen molar-refractivity contribution < 1.29 is 4.79 Å². The fourth-order valence-corrected chi connectivity index (χ4v) is 2.22. The second-order valence-electron chi connectivity index (χ2n) is 6.00. The van der Waals surface area contributed by atoms with Crippen molar-refractivity contribution >= 4 is 5.91 Å². The average molecular weight is 226 g/mol. The van der Waals surface area contributed by atoms with Gasteiger partial charge in [0, 0.05) is 12.0 Å². The third-order valence-corrected chi connectivity index (χ3v) is 4.35. The van der Waals surface area contributed by atoms with E-state index in [-0.39, 0.29) is 16.9 Å². The van der Waals surface area contributed by atoms with Crippen molar-refractivity contribution in [1.82, 2.24) is 5.32 Å². The van der Waals surface area contributed by atoms with Gasteiger partial charge in [-0.1, -0.05) is 33.6 Å². The quantitative estimate of drug-likeness (QED) is 0.771. The van der Waals surface area contributed by atoms with Crippen LogP contribution in [0.2, 0.25) is 0 Å². The Hall–Kier alpha value is -0.570. The van der Waals surface area contributed by atoms with Gasteiger partial charge in [0.25, 0.3) is 0 Å². The van der Waals surface area contributed by atoms with E-state index in [9.17, 15) is 4.79 Å². The molecule has 0 saturated heterocycles. The van der Waals surface area contributed by atoms with E-state index in [1.54, 1.807) is 0 Å². The SMILES string of the molecule is CC(C)C(C)(CN)NC(=O)C1(C)CCCC1. The Kier molecular flexibility index (Phi) is 4.00. The second-order valence-corrected chi connectivity index (χ2v) is 6.00. The molecular weight excluding hydrogens is 200 g/mol. The van der Waals surface area contributed by atoms with Crippen molar-refractivity contribution in [1.29, 1.82) is 0 Å². The van der Waals surface area contributed by atoms with Crippen molar-refractivity contribution in [3.8, 4) is 0 Å². The van der Waals surface area contributed by atoms with Crippen LogP contribution in [-0.4, -0.2) is 18.0 Å². The van der Waals surface area contributed by atoms with Crippen molar-refractivity contribution in [2.24, 2.45) is 17.1 Å². The van der Waals surface area contributed by atoms with Gasteiger partial charge in [0.05, 0.1) is 5.54 Å². The van der Waals surface area contributed by atoms with E-state index in [0.717, 1.165) is 12.8 Å². The summed E-state index contributed by atoms with van der Waals surface area (Å²) in [5, 5.41) is 3.16. The molecule has 0 aliphatic heterocycles. The first-order chi connectivity index (χ1) is 7.34. The summed E-state index contributed by atoms with van der Waals surface area (Å²) >= 11 is 0. The largest absolute Gasteiger partial charge is 0.349 e. The van der Waals surface area contributed by atoms with Gasteiger partial charge in [-0.3, -0.25) is 4.79 Å². The minimum atomic E-state index is -0.275. The Labute approximate surface area is 99.2 Å². The van der Waals surface area contributed by atoms with Gasteiger partial charge in [-0.2, -0.15) is 0 Å². The molecule has 0 radical (unpaired) electrons. The van der Waals surface area contributed by atoms with Gasteiger partial charge in [-0.05, 0) is 25.7 Å². The molecule has 1 amide bonds. The lowest BCUT2D eigenvalue weighted by molar-refractivity contribution is -0.132. The van der Waals surface area contributed by atoms with Gasteiger partial charge >= 0.3 is 0 Å². The van der Waals surface area contributed by atoms with Crippen LogP contribution in [0.25, 0.3) is 0 Å². The molecule has 94 valence electrons. The van der Waals surface area contributed by atoms with Crippen molar-refractivity contribution in [3.63, 3.8) is 0 Å². The molecule has 3 heteroatoms. The predicted molar refractivity (Wildman–Crippen MR) is 67.0 cm³/mol. The normalized spacial score (nSPS) is 23.1. The Balaban J connectivity index is 2.69. The summed E-state index contributed by atoms with van der Waals surface area (Å²) in [4.78, 5) is 12.3. The van der Waals surface area contributed by atoms with Crippen LogP contribution < -0.4 is 11.1 Å². The van der Waals surface area contributed by atoms with Crippen molar-refractivity contribution in [2.75, 3.05) is 6.54 Å². The summed E-state index contributed by atoms with van der Waals surface area (Å²) < 4.78 is 0. The molecule has 0 spiro atoms. The Morgan fingerprint density at radius 3 is 2.31 bits per heavy atom. The maximum Gasteiger partial charge on any atom is 0.226 e. The highest BCUT2D eigenvalue weighted by Gasteiger charge is 2.39. The van der Waals surface area contributed by atoms with Crippen LogP contribution in [-0.2, 0) is 4.79 Å². The van der Waals surface area contributed by atoms with Crippen LogP contribution in [0.3, 0.4) is 0 Å². The highest BCUT2D eigenvalue weighted by atomic mass is 16.2. The minimum absolute atomic E-state index is 0.161. The smallest absolute Gasteiger partial charge is 0.226 e. The molecule has 1 atom stereocenters. The van der Waals surface area contributed by atoms with Crippen molar-refractivity contribution in [3.05, 3.63) is 0 Å². The fraction of sp³-hybridized carbons (Fsp3) is 0.923. The average Bonchev–Trinajstić information content (AvgIpc) is 2.66. The zero-order valence-electron chi connectivity index (χ0n) is 11.1. The lowest BCUT2D eigenvalue weighted by Gasteiger charge is -2.37. The molecule has 1 aliphatic rings. The number of carbonyl (C=O) groups excluding carboxylic acids is 1. The molecule has 0 heterocycles. The van der Waals surface area contributed by atoms with Crippen LogP contribution in [0.1, 0.15) is 53.4 Å². The number of hydrogen-bond acceptors (Lipinski definition) is 2. The minimum Gasteiger partial charge on any atom is -0.349 e. The van der Waals surface area contributed by atoms with Gasteiger partial charge < -0.3 is 11.1 Å². The number of carbonyl (C=O) groups is 1. The van der Waals surface area contributed by atoms with Crippen LogP contribution in [0, 0.1) is 11.3 Å². The van der Waals surface area contributed by atoms with Crippen molar-refractivity contribution in [2.45, 2.75) is 58.9 Å². The summed E-state index contributed by atoms with van der Waals surface area (Å²) in [6.07, 6.45) is 4.37. The third kappa shape index (κ3) is 2.57. The molecule has 0 aromatic carbocycles. The Bertz CT molecular complexity index is 257. The first-order valence-corrected chi connectivity index (χ1v) is 6.37. The summed E-state index contributed by atoms with van der Waals surface area (Å²) in [6.45, 7) is 8.81. The molecule has 3 N–H and O–H groups in total. The molecule has 0 bridgehead atoms. The molecule has 0 aromatic rings. The van der Waals surface area contributed by atoms with E-state index in [1.165, 1.54) is 12.8 Å². The van der Waals surface area contributed by atoms with Gasteiger partial charge in [0.15, 0.2) is 0 Å². The molecule has 1 saturated carbocycles.